The van der Waals surface area contributed by atoms with Gasteiger partial charge in [-0.3, -0.25) is 4.79 Å². The van der Waals surface area contributed by atoms with E-state index in [0.717, 1.165) is 0 Å². The van der Waals surface area contributed by atoms with E-state index >= 15 is 0 Å². The first-order valence-electron chi connectivity index (χ1n) is 6.85. The summed E-state index contributed by atoms with van der Waals surface area (Å²) >= 11 is 0. The van der Waals surface area contributed by atoms with E-state index in [-0.39, 0.29) is 0 Å². The van der Waals surface area contributed by atoms with Gasteiger partial charge in [-0.25, -0.2) is 40.6 Å². The molecule has 8 nitrogen and oxygen atoms in total. The average Bonchev–Trinajstić information content (AvgIpc) is 2.48. The summed E-state index contributed by atoms with van der Waals surface area (Å²) in [5.41, 5.74) is 0.196. The molecule has 0 aliphatic heterocycles. The fourth-order valence-electron chi connectivity index (χ4n) is 1.63. The molecule has 0 heterocycles. The van der Waals surface area contributed by atoms with Crippen molar-refractivity contribution < 1.29 is 49.8 Å². The van der Waals surface area contributed by atoms with Crippen LogP contribution in [0.1, 0.15) is 20.8 Å². The van der Waals surface area contributed by atoms with Crippen LogP contribution in [0.15, 0.2) is 4.90 Å². The van der Waals surface area contributed by atoms with Gasteiger partial charge in [0.2, 0.25) is 5.82 Å². The molecule has 0 saturated heterocycles. The Morgan fingerprint density at radius 1 is 1.00 bits per heavy atom. The molecule has 14 heteroatoms. The zero-order valence-electron chi connectivity index (χ0n) is 13.9. The predicted octanol–water partition coefficient (Wildman–Crippen LogP) is 1.90. The molecule has 0 radical (unpaired) electrons. The van der Waals surface area contributed by atoms with E-state index in [0.29, 0.717) is 0 Å². The van der Waals surface area contributed by atoms with Crippen LogP contribution in [0.5, 0.6) is 0 Å². The number of nitrogens with one attached hydrogen (secondary N) is 1. The van der Waals surface area contributed by atoms with Crippen molar-refractivity contribution in [1.29, 1.82) is 0 Å². The summed E-state index contributed by atoms with van der Waals surface area (Å²) in [5, 5.41) is 8.74. The molecule has 0 atom stereocenters. The van der Waals surface area contributed by atoms with Crippen molar-refractivity contribution in [3.05, 3.63) is 29.1 Å². The van der Waals surface area contributed by atoms with Gasteiger partial charge in [0.1, 0.15) is 12.1 Å². The van der Waals surface area contributed by atoms with Crippen LogP contribution in [0.3, 0.4) is 0 Å². The minimum absolute atomic E-state index is 0.526. The molecule has 0 aliphatic rings. The Morgan fingerprint density at radius 2 is 1.41 bits per heavy atom. The van der Waals surface area contributed by atoms with Gasteiger partial charge in [-0.2, -0.15) is 0 Å². The topological polar surface area (TPSA) is 113 Å². The molecule has 0 bridgehead atoms. The minimum atomic E-state index is -5.73. The Hall–Kier alpha value is -2.48. The fraction of sp³-hybridized carbons (Fsp3) is 0.385. The summed E-state index contributed by atoms with van der Waals surface area (Å²) in [4.78, 5) is 20.1. The molecule has 1 rings (SSSR count). The standard InChI is InChI=1S/C13H13F5N2O6S/c1-13(2,3)26-12(23)19-20(4-5(21)22)27(24,25)11-9(17)7(15)6(14)8(16)10(11)18/h4H2,1-3H3,(H,19,23)(H,21,22). The largest absolute Gasteiger partial charge is 0.480 e. The molecule has 0 saturated carbocycles. The third-order valence-corrected chi connectivity index (χ3v) is 4.29. The van der Waals surface area contributed by atoms with Crippen molar-refractivity contribution in [2.45, 2.75) is 31.3 Å². The molecule has 1 amide bonds. The zero-order chi connectivity index (χ0) is 21.3. The second-order valence-corrected chi connectivity index (χ2v) is 7.72. The van der Waals surface area contributed by atoms with Crippen LogP contribution < -0.4 is 5.43 Å². The molecular weight excluding hydrogens is 407 g/mol. The number of rotatable bonds is 5. The number of hydrazine groups is 1. The highest BCUT2D eigenvalue weighted by atomic mass is 32.2. The molecule has 0 aliphatic carbocycles. The number of ether oxygens (including phenoxy) is 1. The molecular formula is C13H13F5N2O6S. The summed E-state index contributed by atoms with van der Waals surface area (Å²) in [6.07, 6.45) is -1.56. The Kier molecular flexibility index (Phi) is 6.38. The lowest BCUT2D eigenvalue weighted by Crippen LogP contribution is -2.50. The van der Waals surface area contributed by atoms with Crippen LogP contribution in [0, 0.1) is 29.1 Å². The highest BCUT2D eigenvalue weighted by Gasteiger charge is 2.39. The number of sulfonamides is 1. The van der Waals surface area contributed by atoms with Crippen molar-refractivity contribution in [2.75, 3.05) is 6.54 Å². The lowest BCUT2D eigenvalue weighted by molar-refractivity contribution is -0.137. The fourth-order valence-corrected chi connectivity index (χ4v) is 2.96. The minimum Gasteiger partial charge on any atom is -0.480 e. The zero-order valence-corrected chi connectivity index (χ0v) is 14.8. The van der Waals surface area contributed by atoms with Gasteiger partial charge in [-0.15, -0.1) is 0 Å². The van der Waals surface area contributed by atoms with E-state index in [1.54, 1.807) is 0 Å². The Labute approximate surface area is 149 Å². The second-order valence-electron chi connectivity index (χ2n) is 5.92. The number of hydrogen-bond acceptors (Lipinski definition) is 5. The number of carboxylic acid groups (broad SMARTS) is 1. The van der Waals surface area contributed by atoms with Crippen LogP contribution in [-0.2, 0) is 19.6 Å². The maximum atomic E-state index is 13.8. The average molecular weight is 420 g/mol. The smallest absolute Gasteiger partial charge is 0.423 e. The van der Waals surface area contributed by atoms with E-state index < -0.39 is 72.6 Å². The quantitative estimate of drug-likeness (QED) is 0.326. The lowest BCUT2D eigenvalue weighted by Gasteiger charge is -2.25. The molecule has 1 aromatic carbocycles. The lowest BCUT2D eigenvalue weighted by atomic mass is 10.2. The summed E-state index contributed by atoms with van der Waals surface area (Å²) in [5.74, 6) is -15.1. The molecule has 152 valence electrons. The van der Waals surface area contributed by atoms with Crippen molar-refractivity contribution >= 4 is 22.1 Å². The molecule has 0 spiro atoms. The van der Waals surface area contributed by atoms with E-state index in [1.807, 2.05) is 0 Å². The number of carbonyl (C=O) groups is 2. The van der Waals surface area contributed by atoms with E-state index in [2.05, 4.69) is 4.74 Å². The highest BCUT2D eigenvalue weighted by Crippen LogP contribution is 2.28. The van der Waals surface area contributed by atoms with Crippen LogP contribution in [0.2, 0.25) is 0 Å². The third kappa shape index (κ3) is 5.03. The summed E-state index contributed by atoms with van der Waals surface area (Å²) in [7, 11) is -5.73. The number of amides is 1. The Bertz CT molecular complexity index is 855. The van der Waals surface area contributed by atoms with Crippen LogP contribution >= 0.6 is 0 Å². The van der Waals surface area contributed by atoms with Gasteiger partial charge in [0.05, 0.1) is 0 Å². The van der Waals surface area contributed by atoms with Gasteiger partial charge in [-0.05, 0) is 20.8 Å². The van der Waals surface area contributed by atoms with Crippen LogP contribution in [-0.4, -0.2) is 42.1 Å². The Morgan fingerprint density at radius 3 is 1.78 bits per heavy atom. The SMILES string of the molecule is CC(C)(C)OC(=O)NN(CC(=O)O)S(=O)(=O)c1c(F)c(F)c(F)c(F)c1F. The molecule has 1 aromatic rings. The summed E-state index contributed by atoms with van der Waals surface area (Å²) in [6, 6.07) is 0. The van der Waals surface area contributed by atoms with Crippen molar-refractivity contribution in [1.82, 2.24) is 9.84 Å². The van der Waals surface area contributed by atoms with Gasteiger partial charge in [0, 0.05) is 0 Å². The van der Waals surface area contributed by atoms with Crippen molar-refractivity contribution in [3.63, 3.8) is 0 Å². The molecule has 0 unspecified atom stereocenters. The third-order valence-electron chi connectivity index (χ3n) is 2.61. The van der Waals surface area contributed by atoms with Crippen molar-refractivity contribution in [3.8, 4) is 0 Å². The van der Waals surface area contributed by atoms with Crippen molar-refractivity contribution in [2.24, 2.45) is 0 Å². The van der Waals surface area contributed by atoms with E-state index in [9.17, 15) is 40.0 Å². The summed E-state index contributed by atoms with van der Waals surface area (Å²) < 4.78 is 95.9. The molecule has 2 N–H and O–H groups in total. The van der Waals surface area contributed by atoms with E-state index in [4.69, 9.17) is 5.11 Å². The van der Waals surface area contributed by atoms with E-state index in [1.165, 1.54) is 26.2 Å². The van der Waals surface area contributed by atoms with Gasteiger partial charge < -0.3 is 9.84 Å². The number of carboxylic acids is 1. The number of halogens is 5. The van der Waals surface area contributed by atoms with Crippen LogP contribution in [0.4, 0.5) is 26.7 Å². The molecule has 0 aromatic heterocycles. The second kappa shape index (κ2) is 7.64. The highest BCUT2D eigenvalue weighted by molar-refractivity contribution is 7.89. The number of hydrogen-bond donors (Lipinski definition) is 2. The van der Waals surface area contributed by atoms with Gasteiger partial charge in [0.15, 0.2) is 28.2 Å². The Balaban J connectivity index is 3.50. The normalized spacial score (nSPS) is 12.2. The van der Waals surface area contributed by atoms with Gasteiger partial charge in [0.25, 0.3) is 10.0 Å². The van der Waals surface area contributed by atoms with Gasteiger partial charge in [-0.1, -0.05) is 4.41 Å². The number of aliphatic carboxylic acids is 1. The maximum absolute atomic E-state index is 13.8. The number of benzene rings is 1. The first-order chi connectivity index (χ1) is 12.1. The molecule has 0 fully saturated rings. The number of nitrogens with zero attached hydrogens (tertiary/aromatic N) is 1. The van der Waals surface area contributed by atoms with Gasteiger partial charge >= 0.3 is 12.1 Å². The number of carbonyl (C=O) groups excluding carboxylic acids is 1. The first kappa shape index (κ1) is 22.6. The predicted molar refractivity (Wildman–Crippen MR) is 77.1 cm³/mol. The summed E-state index contributed by atoms with van der Waals surface area (Å²) in [6.45, 7) is 2.45. The molecule has 27 heavy (non-hydrogen) atoms. The maximum Gasteiger partial charge on any atom is 0.423 e. The van der Waals surface area contributed by atoms with Crippen LogP contribution in [0.25, 0.3) is 0 Å². The first-order valence-corrected chi connectivity index (χ1v) is 8.29. The monoisotopic (exact) mass is 420 g/mol.